The van der Waals surface area contributed by atoms with Gasteiger partial charge in [0.1, 0.15) is 5.82 Å². The van der Waals surface area contributed by atoms with Gasteiger partial charge in [-0.2, -0.15) is 5.10 Å². The van der Waals surface area contributed by atoms with Crippen LogP contribution < -0.4 is 5.32 Å². The SMILES string of the molecule is C#CCNc1cccc(-c2n[nH]c(C)n2)c1. The van der Waals surface area contributed by atoms with Crippen LogP contribution in [0.1, 0.15) is 5.82 Å². The van der Waals surface area contributed by atoms with E-state index in [1.807, 2.05) is 31.2 Å². The summed E-state index contributed by atoms with van der Waals surface area (Å²) in [5, 5.41) is 10.0. The Morgan fingerprint density at radius 1 is 1.50 bits per heavy atom. The fraction of sp³-hybridized carbons (Fsp3) is 0.167. The number of rotatable bonds is 3. The van der Waals surface area contributed by atoms with E-state index in [0.717, 1.165) is 17.1 Å². The molecule has 0 amide bonds. The van der Waals surface area contributed by atoms with Crippen LogP contribution in [0.15, 0.2) is 24.3 Å². The van der Waals surface area contributed by atoms with Crippen molar-refractivity contribution in [1.82, 2.24) is 15.2 Å². The van der Waals surface area contributed by atoms with Gasteiger partial charge in [-0.05, 0) is 19.1 Å². The number of aryl methyl sites for hydroxylation is 1. The molecule has 1 aromatic heterocycles. The largest absolute Gasteiger partial charge is 0.374 e. The maximum atomic E-state index is 5.19. The van der Waals surface area contributed by atoms with Crippen LogP contribution in [0.4, 0.5) is 5.69 Å². The molecule has 0 aliphatic heterocycles. The molecule has 0 aliphatic rings. The summed E-state index contributed by atoms with van der Waals surface area (Å²) in [5.41, 5.74) is 1.93. The first-order valence-corrected chi connectivity index (χ1v) is 4.96. The Hall–Kier alpha value is -2.28. The smallest absolute Gasteiger partial charge is 0.181 e. The van der Waals surface area contributed by atoms with Gasteiger partial charge in [-0.15, -0.1) is 6.42 Å². The summed E-state index contributed by atoms with van der Waals surface area (Å²) in [4.78, 5) is 4.27. The Labute approximate surface area is 94.1 Å². The zero-order valence-electron chi connectivity index (χ0n) is 8.99. The van der Waals surface area contributed by atoms with E-state index in [2.05, 4.69) is 26.4 Å². The molecule has 0 aliphatic carbocycles. The van der Waals surface area contributed by atoms with Crippen molar-refractivity contribution < 1.29 is 0 Å². The van der Waals surface area contributed by atoms with Crippen LogP contribution in [-0.4, -0.2) is 21.7 Å². The minimum Gasteiger partial charge on any atom is -0.374 e. The molecule has 0 saturated heterocycles. The number of aromatic amines is 1. The van der Waals surface area contributed by atoms with Crippen molar-refractivity contribution in [3.05, 3.63) is 30.1 Å². The molecule has 2 N–H and O–H groups in total. The van der Waals surface area contributed by atoms with Crippen molar-refractivity contribution in [1.29, 1.82) is 0 Å². The highest BCUT2D eigenvalue weighted by molar-refractivity contribution is 5.62. The number of nitrogens with one attached hydrogen (secondary N) is 2. The van der Waals surface area contributed by atoms with Crippen molar-refractivity contribution in [2.45, 2.75) is 6.92 Å². The Morgan fingerprint density at radius 3 is 3.06 bits per heavy atom. The van der Waals surface area contributed by atoms with Gasteiger partial charge in [0.2, 0.25) is 0 Å². The quantitative estimate of drug-likeness (QED) is 0.763. The summed E-state index contributed by atoms with van der Waals surface area (Å²) in [5.74, 6) is 4.03. The first-order chi connectivity index (χ1) is 7.79. The van der Waals surface area contributed by atoms with Crippen LogP contribution in [0.25, 0.3) is 11.4 Å². The molecule has 1 aromatic carbocycles. The maximum absolute atomic E-state index is 5.19. The highest BCUT2D eigenvalue weighted by Gasteiger charge is 2.03. The van der Waals surface area contributed by atoms with Crippen LogP contribution in [-0.2, 0) is 0 Å². The normalized spacial score (nSPS) is 9.75. The van der Waals surface area contributed by atoms with Crippen LogP contribution in [0.5, 0.6) is 0 Å². The first kappa shape index (κ1) is 10.2. The molecule has 4 heteroatoms. The third-order valence-corrected chi connectivity index (χ3v) is 2.11. The number of benzene rings is 1. The zero-order valence-corrected chi connectivity index (χ0v) is 8.99. The summed E-state index contributed by atoms with van der Waals surface area (Å²) in [6.07, 6.45) is 5.19. The van der Waals surface area contributed by atoms with E-state index < -0.39 is 0 Å². The van der Waals surface area contributed by atoms with Gasteiger partial charge in [0.05, 0.1) is 6.54 Å². The molecule has 0 unspecified atom stereocenters. The van der Waals surface area contributed by atoms with E-state index in [0.29, 0.717) is 12.4 Å². The number of hydrogen-bond acceptors (Lipinski definition) is 3. The molecule has 1 heterocycles. The minimum atomic E-state index is 0.510. The van der Waals surface area contributed by atoms with Gasteiger partial charge < -0.3 is 5.32 Å². The number of terminal acetylenes is 1. The Balaban J connectivity index is 2.26. The van der Waals surface area contributed by atoms with Crippen LogP contribution >= 0.6 is 0 Å². The van der Waals surface area contributed by atoms with Gasteiger partial charge in [0.15, 0.2) is 5.82 Å². The standard InChI is InChI=1S/C12H12N4/c1-3-7-13-11-6-4-5-10(8-11)12-14-9(2)15-16-12/h1,4-6,8,13H,7H2,2H3,(H,14,15,16). The Morgan fingerprint density at radius 2 is 2.38 bits per heavy atom. The summed E-state index contributed by atoms with van der Waals surface area (Å²) in [6, 6.07) is 7.84. The average Bonchev–Trinajstić information content (AvgIpc) is 2.74. The third-order valence-electron chi connectivity index (χ3n) is 2.11. The predicted molar refractivity (Wildman–Crippen MR) is 63.9 cm³/mol. The van der Waals surface area contributed by atoms with Gasteiger partial charge >= 0.3 is 0 Å². The lowest BCUT2D eigenvalue weighted by atomic mass is 10.2. The van der Waals surface area contributed by atoms with E-state index >= 15 is 0 Å². The Kier molecular flexibility index (Phi) is 2.88. The van der Waals surface area contributed by atoms with Gasteiger partial charge in [0.25, 0.3) is 0 Å². The van der Waals surface area contributed by atoms with Gasteiger partial charge in [-0.1, -0.05) is 18.1 Å². The summed E-state index contributed by atoms with van der Waals surface area (Å²) in [6.45, 7) is 2.38. The summed E-state index contributed by atoms with van der Waals surface area (Å²) >= 11 is 0. The van der Waals surface area contributed by atoms with Crippen molar-refractivity contribution in [3.63, 3.8) is 0 Å². The third kappa shape index (κ3) is 2.20. The van der Waals surface area contributed by atoms with Crippen LogP contribution in [0, 0.1) is 19.3 Å². The van der Waals surface area contributed by atoms with Crippen LogP contribution in [0.2, 0.25) is 0 Å². The van der Waals surface area contributed by atoms with E-state index in [1.165, 1.54) is 0 Å². The van der Waals surface area contributed by atoms with Gasteiger partial charge in [0, 0.05) is 11.3 Å². The second kappa shape index (κ2) is 4.49. The zero-order chi connectivity index (χ0) is 11.4. The highest BCUT2D eigenvalue weighted by atomic mass is 15.2. The van der Waals surface area contributed by atoms with Crippen molar-refractivity contribution in [2.75, 3.05) is 11.9 Å². The summed E-state index contributed by atoms with van der Waals surface area (Å²) < 4.78 is 0. The molecule has 0 atom stereocenters. The Bertz CT molecular complexity index is 522. The number of H-pyrrole nitrogens is 1. The molecule has 16 heavy (non-hydrogen) atoms. The molecule has 0 spiro atoms. The molecular weight excluding hydrogens is 200 g/mol. The summed E-state index contributed by atoms with van der Waals surface area (Å²) in [7, 11) is 0. The molecular formula is C12H12N4. The second-order valence-electron chi connectivity index (χ2n) is 3.38. The van der Waals surface area contributed by atoms with E-state index in [9.17, 15) is 0 Å². The molecule has 4 nitrogen and oxygen atoms in total. The van der Waals surface area contributed by atoms with Crippen molar-refractivity contribution in [2.24, 2.45) is 0 Å². The molecule has 2 aromatic rings. The molecule has 80 valence electrons. The van der Waals surface area contributed by atoms with E-state index in [-0.39, 0.29) is 0 Å². The molecule has 2 rings (SSSR count). The number of aromatic nitrogens is 3. The lowest BCUT2D eigenvalue weighted by Gasteiger charge is -2.03. The average molecular weight is 212 g/mol. The molecule has 0 bridgehead atoms. The second-order valence-corrected chi connectivity index (χ2v) is 3.38. The fourth-order valence-corrected chi connectivity index (χ4v) is 1.39. The monoisotopic (exact) mass is 212 g/mol. The van der Waals surface area contributed by atoms with E-state index in [4.69, 9.17) is 6.42 Å². The van der Waals surface area contributed by atoms with Crippen molar-refractivity contribution in [3.8, 4) is 23.7 Å². The molecule has 0 fully saturated rings. The van der Waals surface area contributed by atoms with Crippen molar-refractivity contribution >= 4 is 5.69 Å². The highest BCUT2D eigenvalue weighted by Crippen LogP contribution is 2.18. The van der Waals surface area contributed by atoms with Crippen LogP contribution in [0.3, 0.4) is 0 Å². The van der Waals surface area contributed by atoms with E-state index in [1.54, 1.807) is 0 Å². The van der Waals surface area contributed by atoms with Gasteiger partial charge in [-0.3, -0.25) is 5.10 Å². The molecule has 0 saturated carbocycles. The topological polar surface area (TPSA) is 53.6 Å². The lowest BCUT2D eigenvalue weighted by molar-refractivity contribution is 1.04. The molecule has 0 radical (unpaired) electrons. The first-order valence-electron chi connectivity index (χ1n) is 4.96. The minimum absolute atomic E-state index is 0.510. The maximum Gasteiger partial charge on any atom is 0.181 e. The lowest BCUT2D eigenvalue weighted by Crippen LogP contribution is -1.98. The predicted octanol–water partition coefficient (Wildman–Crippen LogP) is 1.83. The number of anilines is 1. The number of nitrogens with zero attached hydrogens (tertiary/aromatic N) is 2. The fourth-order valence-electron chi connectivity index (χ4n) is 1.39. The van der Waals surface area contributed by atoms with Gasteiger partial charge in [-0.25, -0.2) is 4.98 Å². The number of hydrogen-bond donors (Lipinski definition) is 2.